The second-order valence-corrected chi connectivity index (χ2v) is 25.5. The Kier molecular flexibility index (Phi) is 63.1. The molecule has 0 aromatic rings. The van der Waals surface area contributed by atoms with Crippen molar-refractivity contribution in [3.8, 4) is 0 Å². The Morgan fingerprint density at radius 3 is 0.976 bits per heavy atom. The largest absolute Gasteiger partial charge is 0.477 e. The number of carboxylic acids is 1. The molecule has 0 radical (unpaired) electrons. The Balaban J connectivity index is 4.03. The number of allylic oxidation sites excluding steroid dienone is 8. The smallest absolute Gasteiger partial charge is 0.361 e. The van der Waals surface area contributed by atoms with Crippen molar-refractivity contribution in [2.75, 3.05) is 47.5 Å². The van der Waals surface area contributed by atoms with Gasteiger partial charge in [0.1, 0.15) is 13.2 Å². The zero-order valence-corrected chi connectivity index (χ0v) is 55.6. The highest BCUT2D eigenvalue weighted by Gasteiger charge is 2.25. The maximum Gasteiger partial charge on any atom is 0.361 e. The van der Waals surface area contributed by atoms with E-state index in [1.807, 2.05) is 21.1 Å². The molecule has 0 saturated heterocycles. The molecule has 0 amide bonds. The van der Waals surface area contributed by atoms with Crippen molar-refractivity contribution in [2.45, 2.75) is 360 Å². The lowest BCUT2D eigenvalue weighted by Crippen LogP contribution is -2.40. The van der Waals surface area contributed by atoms with Crippen LogP contribution < -0.4 is 0 Å². The number of hydrogen-bond acceptors (Lipinski definition) is 7. The number of carboxylic acid groups (broad SMARTS) is 1. The number of esters is 2. The molecule has 0 aliphatic heterocycles. The average Bonchev–Trinajstić information content (AvgIpc) is 3.46. The van der Waals surface area contributed by atoms with E-state index in [-0.39, 0.29) is 32.2 Å². The Hall–Kier alpha value is -2.75. The van der Waals surface area contributed by atoms with E-state index in [4.69, 9.17) is 18.9 Å². The van der Waals surface area contributed by atoms with Gasteiger partial charge in [-0.15, -0.1) is 0 Å². The molecule has 0 aliphatic rings. The lowest BCUT2D eigenvalue weighted by Gasteiger charge is -2.25. The van der Waals surface area contributed by atoms with E-state index in [9.17, 15) is 19.5 Å². The summed E-state index contributed by atoms with van der Waals surface area (Å²) in [5.74, 6) is -1.99. The molecule has 0 aromatic heterocycles. The summed E-state index contributed by atoms with van der Waals surface area (Å²) in [6.45, 7) is 4.91. The fourth-order valence-corrected chi connectivity index (χ4v) is 10.5. The summed E-state index contributed by atoms with van der Waals surface area (Å²) in [6.07, 6.45) is 80.9. The van der Waals surface area contributed by atoms with Crippen LogP contribution in [-0.4, -0.2) is 87.4 Å². The number of aliphatic carboxylic acids is 1. The molecule has 1 N–H and O–H groups in total. The summed E-state index contributed by atoms with van der Waals surface area (Å²) in [6, 6.07) is 0. The van der Waals surface area contributed by atoms with E-state index in [2.05, 4.69) is 62.5 Å². The highest BCUT2D eigenvalue weighted by Crippen LogP contribution is 2.18. The van der Waals surface area contributed by atoms with Crippen LogP contribution >= 0.6 is 0 Å². The Labute approximate surface area is 514 Å². The van der Waals surface area contributed by atoms with Crippen LogP contribution in [0, 0.1) is 0 Å². The number of rotatable bonds is 67. The Morgan fingerprint density at radius 2 is 0.651 bits per heavy atom. The van der Waals surface area contributed by atoms with E-state index in [1.165, 1.54) is 257 Å². The number of hydrogen-bond donors (Lipinski definition) is 1. The maximum atomic E-state index is 12.9. The second kappa shape index (κ2) is 65.2. The molecule has 0 spiro atoms. The Morgan fingerprint density at radius 1 is 0.361 bits per heavy atom. The minimum Gasteiger partial charge on any atom is -0.477 e. The normalized spacial score (nSPS) is 12.9. The van der Waals surface area contributed by atoms with Gasteiger partial charge in [-0.25, -0.2) is 4.79 Å². The molecule has 486 valence electrons. The molecular weight excluding hydrogens is 1030 g/mol. The molecule has 0 aromatic carbocycles. The summed E-state index contributed by atoms with van der Waals surface area (Å²) < 4.78 is 23.0. The third-order valence-electron chi connectivity index (χ3n) is 16.1. The average molecular weight is 1170 g/mol. The molecule has 0 heterocycles. The van der Waals surface area contributed by atoms with Crippen molar-refractivity contribution in [3.05, 3.63) is 48.6 Å². The summed E-state index contributed by atoms with van der Waals surface area (Å²) in [7, 11) is 5.98. The topological polar surface area (TPSA) is 108 Å². The van der Waals surface area contributed by atoms with Crippen molar-refractivity contribution in [3.63, 3.8) is 0 Å². The molecule has 0 bridgehead atoms. The van der Waals surface area contributed by atoms with Crippen molar-refractivity contribution >= 4 is 17.9 Å². The van der Waals surface area contributed by atoms with Crippen LogP contribution in [0.3, 0.4) is 0 Å². The predicted molar refractivity (Wildman–Crippen MR) is 355 cm³/mol. The monoisotopic (exact) mass is 1170 g/mol. The second-order valence-electron chi connectivity index (χ2n) is 25.5. The van der Waals surface area contributed by atoms with E-state index in [0.717, 1.165) is 57.8 Å². The van der Waals surface area contributed by atoms with Gasteiger partial charge < -0.3 is 28.5 Å². The van der Waals surface area contributed by atoms with Crippen LogP contribution in [-0.2, 0) is 33.3 Å². The molecule has 2 unspecified atom stereocenters. The maximum absolute atomic E-state index is 12.9. The molecule has 0 fully saturated rings. The van der Waals surface area contributed by atoms with Crippen molar-refractivity contribution in [2.24, 2.45) is 0 Å². The Bertz CT molecular complexity index is 1500. The standard InChI is InChI=1S/C74H137NO8/c1-6-8-10-12-14-16-18-20-22-24-26-28-30-31-32-33-34-35-36-37-38-39-40-41-43-44-46-48-50-52-54-56-58-60-62-64-71(76)81-68-70(69-82-74(73(78)79)80-67-66-75(3,4)5)83-72(77)65-63-61-59-57-55-53-51-49-47-45-42-29-27-25-23-21-19-17-15-13-11-9-7-2/h19,21,24-27,42,45,70,74H,6-18,20,22-23,28-41,43-44,46-69H2,1-5H3/p+1/b21-19-,26-24-,27-25-,45-42-. The van der Waals surface area contributed by atoms with Gasteiger partial charge in [-0.3, -0.25) is 9.59 Å². The zero-order valence-electron chi connectivity index (χ0n) is 55.6. The lowest BCUT2D eigenvalue weighted by molar-refractivity contribution is -0.870. The molecule has 9 nitrogen and oxygen atoms in total. The zero-order chi connectivity index (χ0) is 60.5. The van der Waals surface area contributed by atoms with E-state index in [1.54, 1.807) is 0 Å². The molecule has 2 atom stereocenters. The first-order valence-electron chi connectivity index (χ1n) is 35.8. The van der Waals surface area contributed by atoms with Gasteiger partial charge in [-0.05, 0) is 77.0 Å². The van der Waals surface area contributed by atoms with Gasteiger partial charge in [0.05, 0.1) is 34.4 Å². The number of ether oxygens (including phenoxy) is 4. The van der Waals surface area contributed by atoms with Crippen LogP contribution in [0.5, 0.6) is 0 Å². The fourth-order valence-electron chi connectivity index (χ4n) is 10.5. The molecular formula is C74H138NO8+. The highest BCUT2D eigenvalue weighted by molar-refractivity contribution is 5.71. The third kappa shape index (κ3) is 66.6. The fraction of sp³-hybridized carbons (Fsp3) is 0.851. The molecule has 0 rings (SSSR count). The van der Waals surface area contributed by atoms with Crippen LogP contribution in [0.1, 0.15) is 348 Å². The number of nitrogens with zero attached hydrogens (tertiary/aromatic N) is 1. The number of carbonyl (C=O) groups excluding carboxylic acids is 2. The summed E-state index contributed by atoms with van der Waals surface area (Å²) >= 11 is 0. The summed E-state index contributed by atoms with van der Waals surface area (Å²) in [4.78, 5) is 37.6. The van der Waals surface area contributed by atoms with Crippen LogP contribution in [0.2, 0.25) is 0 Å². The van der Waals surface area contributed by atoms with Gasteiger partial charge in [-0.1, -0.05) is 306 Å². The van der Waals surface area contributed by atoms with E-state index < -0.39 is 24.3 Å². The van der Waals surface area contributed by atoms with E-state index >= 15 is 0 Å². The number of carbonyl (C=O) groups is 3. The van der Waals surface area contributed by atoms with Crippen molar-refractivity contribution < 1.29 is 42.9 Å². The van der Waals surface area contributed by atoms with Gasteiger partial charge >= 0.3 is 17.9 Å². The number of likely N-dealkylation sites (N-methyl/N-ethyl adjacent to an activating group) is 1. The van der Waals surface area contributed by atoms with Crippen molar-refractivity contribution in [1.29, 1.82) is 0 Å². The minimum absolute atomic E-state index is 0.182. The summed E-state index contributed by atoms with van der Waals surface area (Å²) in [5, 5.41) is 9.74. The van der Waals surface area contributed by atoms with Gasteiger partial charge in [0.2, 0.25) is 0 Å². The van der Waals surface area contributed by atoms with E-state index in [0.29, 0.717) is 23.9 Å². The minimum atomic E-state index is -1.51. The van der Waals surface area contributed by atoms with Crippen LogP contribution in [0.25, 0.3) is 0 Å². The van der Waals surface area contributed by atoms with Crippen molar-refractivity contribution in [1.82, 2.24) is 0 Å². The van der Waals surface area contributed by atoms with Crippen LogP contribution in [0.4, 0.5) is 0 Å². The first kappa shape index (κ1) is 80.2. The third-order valence-corrected chi connectivity index (χ3v) is 16.1. The quantitative estimate of drug-likeness (QED) is 0.0211. The molecule has 83 heavy (non-hydrogen) atoms. The van der Waals surface area contributed by atoms with Gasteiger partial charge in [0, 0.05) is 12.8 Å². The lowest BCUT2D eigenvalue weighted by atomic mass is 10.0. The number of unbranched alkanes of at least 4 members (excludes halogenated alkanes) is 44. The first-order valence-corrected chi connectivity index (χ1v) is 35.8. The van der Waals surface area contributed by atoms with Crippen LogP contribution in [0.15, 0.2) is 48.6 Å². The summed E-state index contributed by atoms with van der Waals surface area (Å²) in [5.41, 5.74) is 0. The molecule has 0 aliphatic carbocycles. The van der Waals surface area contributed by atoms with Gasteiger partial charge in [0.15, 0.2) is 6.10 Å². The predicted octanol–water partition coefficient (Wildman–Crippen LogP) is 22.1. The molecule has 9 heteroatoms. The SMILES string of the molecule is CCCCCCC/C=C\C/C=C\C/C=C\CCCCCCCCCCC(=O)OC(COC(=O)CCCCCCCCCCCCCCCCCCCCCCCCC/C=C\CCCCCCCCCC)COC(OCC[N+](C)(C)C)C(=O)O. The van der Waals surface area contributed by atoms with Gasteiger partial charge in [-0.2, -0.15) is 0 Å². The number of quaternary nitrogens is 1. The molecule has 0 saturated carbocycles. The first-order chi connectivity index (χ1) is 40.6. The highest BCUT2D eigenvalue weighted by atomic mass is 16.7. The van der Waals surface area contributed by atoms with Gasteiger partial charge in [0.25, 0.3) is 6.29 Å².